The molecule has 0 heterocycles. The number of hydrogen-bond donors (Lipinski definition) is 2. The fourth-order valence-corrected chi connectivity index (χ4v) is 7.55. The molecule has 3 aromatic carbocycles. The molecule has 3 unspecified atom stereocenters. The van der Waals surface area contributed by atoms with Crippen LogP contribution in [-0.2, 0) is 21.9 Å². The van der Waals surface area contributed by atoms with Crippen LogP contribution < -0.4 is 0 Å². The van der Waals surface area contributed by atoms with Crippen LogP contribution in [0, 0.1) is 11.3 Å². The molecule has 0 radical (unpaired) electrons. The fourth-order valence-electron chi connectivity index (χ4n) is 4.57. The minimum atomic E-state index is -3.80. The molecule has 0 aliphatic carbocycles. The first-order chi connectivity index (χ1) is 14.6. The molecule has 0 aliphatic rings. The van der Waals surface area contributed by atoms with E-state index in [4.69, 9.17) is 0 Å². The van der Waals surface area contributed by atoms with Crippen molar-refractivity contribution < 1.29 is 19.4 Å². The van der Waals surface area contributed by atoms with Gasteiger partial charge < -0.3 is 10.00 Å². The van der Waals surface area contributed by atoms with Crippen molar-refractivity contribution in [2.45, 2.75) is 45.4 Å². The Morgan fingerprint density at radius 3 is 2.13 bits per heavy atom. The number of aliphatic carboxylic acids is 1. The maximum Gasteiger partial charge on any atom is 0.307 e. The van der Waals surface area contributed by atoms with Crippen LogP contribution in [0.1, 0.15) is 38.3 Å². The van der Waals surface area contributed by atoms with E-state index in [2.05, 4.69) is 6.07 Å². The molecule has 0 saturated carbocycles. The van der Waals surface area contributed by atoms with Gasteiger partial charge in [0.25, 0.3) is 0 Å². The number of carboxylic acid groups (broad SMARTS) is 1. The standard InChI is InChI=1S/C26H31O4P/c1-26(2,3)24(31(29,30)18-20-9-5-4-6-10-20)23(25(27)28)16-14-19-13-15-21-11-7-8-12-22(21)17-19/h4-13,15,17,23-24H,14,16,18H2,1-3H3,(H,27,28)(H,29,30). The Labute approximate surface area is 184 Å². The average Bonchev–Trinajstić information content (AvgIpc) is 2.70. The molecule has 0 spiro atoms. The third kappa shape index (κ3) is 5.84. The third-order valence-corrected chi connectivity index (χ3v) is 8.65. The molecule has 0 aliphatic heterocycles. The predicted molar refractivity (Wildman–Crippen MR) is 127 cm³/mol. The number of hydrogen-bond acceptors (Lipinski definition) is 2. The molecule has 4 nitrogen and oxygen atoms in total. The topological polar surface area (TPSA) is 74.6 Å². The van der Waals surface area contributed by atoms with Gasteiger partial charge in [-0.3, -0.25) is 9.36 Å². The number of aryl methyl sites for hydroxylation is 1. The van der Waals surface area contributed by atoms with Crippen molar-refractivity contribution in [3.05, 3.63) is 83.9 Å². The zero-order valence-electron chi connectivity index (χ0n) is 18.4. The summed E-state index contributed by atoms with van der Waals surface area (Å²) in [7, 11) is -3.80. The Morgan fingerprint density at radius 2 is 1.52 bits per heavy atom. The summed E-state index contributed by atoms with van der Waals surface area (Å²) in [6, 6.07) is 23.3. The Morgan fingerprint density at radius 1 is 0.903 bits per heavy atom. The maximum atomic E-state index is 13.6. The monoisotopic (exact) mass is 438 g/mol. The summed E-state index contributed by atoms with van der Waals surface area (Å²) >= 11 is 0. The quantitative estimate of drug-likeness (QED) is 0.401. The fraction of sp³-hybridized carbons (Fsp3) is 0.346. The molecule has 0 amide bonds. The van der Waals surface area contributed by atoms with Gasteiger partial charge in [-0.15, -0.1) is 0 Å². The minimum Gasteiger partial charge on any atom is -0.481 e. The normalized spacial score (nSPS) is 15.9. The van der Waals surface area contributed by atoms with Crippen molar-refractivity contribution in [2.75, 3.05) is 0 Å². The van der Waals surface area contributed by atoms with Gasteiger partial charge in [-0.2, -0.15) is 0 Å². The van der Waals surface area contributed by atoms with Gasteiger partial charge >= 0.3 is 5.97 Å². The first kappa shape index (κ1) is 23.2. The highest BCUT2D eigenvalue weighted by molar-refractivity contribution is 7.58. The lowest BCUT2D eigenvalue weighted by Gasteiger charge is -2.38. The first-order valence-electron chi connectivity index (χ1n) is 10.6. The molecular weight excluding hydrogens is 407 g/mol. The third-order valence-electron chi connectivity index (χ3n) is 5.83. The van der Waals surface area contributed by atoms with Gasteiger partial charge in [-0.25, -0.2) is 0 Å². The molecule has 3 atom stereocenters. The van der Waals surface area contributed by atoms with E-state index in [1.54, 1.807) is 0 Å². The van der Waals surface area contributed by atoms with Crippen molar-refractivity contribution in [3.63, 3.8) is 0 Å². The van der Waals surface area contributed by atoms with Crippen LogP contribution in [0.3, 0.4) is 0 Å². The van der Waals surface area contributed by atoms with Crippen LogP contribution in [-0.4, -0.2) is 21.6 Å². The molecule has 0 aromatic heterocycles. The molecule has 0 saturated heterocycles. The van der Waals surface area contributed by atoms with Gasteiger partial charge in [0.2, 0.25) is 7.37 Å². The summed E-state index contributed by atoms with van der Waals surface area (Å²) < 4.78 is 13.6. The number of carbonyl (C=O) groups is 1. The van der Waals surface area contributed by atoms with E-state index in [9.17, 15) is 19.4 Å². The predicted octanol–water partition coefficient (Wildman–Crippen LogP) is 6.36. The molecule has 0 bridgehead atoms. The molecule has 5 heteroatoms. The number of fused-ring (bicyclic) bond motifs is 1. The number of benzene rings is 3. The highest BCUT2D eigenvalue weighted by atomic mass is 31.2. The second-order valence-electron chi connectivity index (χ2n) is 9.38. The second kappa shape index (κ2) is 9.38. The molecule has 0 fully saturated rings. The Balaban J connectivity index is 1.87. The van der Waals surface area contributed by atoms with E-state index in [1.165, 1.54) is 0 Å². The van der Waals surface area contributed by atoms with E-state index in [-0.39, 0.29) is 6.16 Å². The molecule has 164 valence electrons. The van der Waals surface area contributed by atoms with Crippen molar-refractivity contribution in [3.8, 4) is 0 Å². The highest BCUT2D eigenvalue weighted by Gasteiger charge is 2.47. The Hall–Kier alpha value is -2.42. The lowest BCUT2D eigenvalue weighted by molar-refractivity contribution is -0.142. The van der Waals surface area contributed by atoms with Gasteiger partial charge in [0.15, 0.2) is 0 Å². The second-order valence-corrected chi connectivity index (χ2v) is 11.8. The van der Waals surface area contributed by atoms with Crippen molar-refractivity contribution in [1.82, 2.24) is 0 Å². The summed E-state index contributed by atoms with van der Waals surface area (Å²) in [4.78, 5) is 23.4. The highest BCUT2D eigenvalue weighted by Crippen LogP contribution is 2.59. The summed E-state index contributed by atoms with van der Waals surface area (Å²) in [5.41, 5.74) is 0.304. The number of carboxylic acids is 1. The van der Waals surface area contributed by atoms with Crippen LogP contribution in [0.5, 0.6) is 0 Å². The SMILES string of the molecule is CC(C)(C)C(C(CCc1ccc2ccccc2c1)C(=O)O)P(=O)(O)Cc1ccccc1. The zero-order valence-corrected chi connectivity index (χ0v) is 19.3. The van der Waals surface area contributed by atoms with Crippen LogP contribution >= 0.6 is 7.37 Å². The van der Waals surface area contributed by atoms with Crippen LogP contribution in [0.2, 0.25) is 0 Å². The lowest BCUT2D eigenvalue weighted by atomic mass is 9.81. The maximum absolute atomic E-state index is 13.6. The summed E-state index contributed by atoms with van der Waals surface area (Å²) in [5.74, 6) is -1.92. The molecule has 2 N–H and O–H groups in total. The largest absolute Gasteiger partial charge is 0.481 e. The van der Waals surface area contributed by atoms with Gasteiger partial charge in [0.05, 0.1) is 11.6 Å². The van der Waals surface area contributed by atoms with E-state index in [0.29, 0.717) is 12.8 Å². The summed E-state index contributed by atoms with van der Waals surface area (Å²) in [6.45, 7) is 5.58. The van der Waals surface area contributed by atoms with Crippen LogP contribution in [0.15, 0.2) is 72.8 Å². The molecule has 3 aromatic rings. The smallest absolute Gasteiger partial charge is 0.307 e. The molecule has 31 heavy (non-hydrogen) atoms. The molecule has 3 rings (SSSR count). The van der Waals surface area contributed by atoms with E-state index in [0.717, 1.165) is 21.9 Å². The van der Waals surface area contributed by atoms with Crippen LogP contribution in [0.4, 0.5) is 0 Å². The van der Waals surface area contributed by atoms with Gasteiger partial charge in [-0.05, 0) is 40.2 Å². The van der Waals surface area contributed by atoms with Crippen molar-refractivity contribution >= 4 is 24.1 Å². The van der Waals surface area contributed by atoms with Crippen molar-refractivity contribution in [1.29, 1.82) is 0 Å². The van der Waals surface area contributed by atoms with E-state index < -0.39 is 30.3 Å². The Bertz CT molecular complexity index is 1090. The first-order valence-corrected chi connectivity index (χ1v) is 12.6. The zero-order chi connectivity index (χ0) is 22.6. The number of rotatable bonds is 8. The summed E-state index contributed by atoms with van der Waals surface area (Å²) in [5, 5.41) is 12.3. The van der Waals surface area contributed by atoms with E-state index in [1.807, 2.05) is 87.5 Å². The van der Waals surface area contributed by atoms with Crippen LogP contribution in [0.25, 0.3) is 10.8 Å². The van der Waals surface area contributed by atoms with Crippen molar-refractivity contribution in [2.24, 2.45) is 11.3 Å². The lowest BCUT2D eigenvalue weighted by Crippen LogP contribution is -2.39. The van der Waals surface area contributed by atoms with Gasteiger partial charge in [0.1, 0.15) is 0 Å². The van der Waals surface area contributed by atoms with Gasteiger partial charge in [0, 0.05) is 6.16 Å². The van der Waals surface area contributed by atoms with E-state index >= 15 is 0 Å². The molecular formula is C26H31O4P. The Kier molecular flexibility index (Phi) is 7.03. The summed E-state index contributed by atoms with van der Waals surface area (Å²) in [6.07, 6.45) is 0.837. The minimum absolute atomic E-state index is 0.0183. The van der Waals surface area contributed by atoms with Gasteiger partial charge in [-0.1, -0.05) is 93.6 Å². The average molecular weight is 439 g/mol.